The molecule has 1 aliphatic carbocycles. The minimum Gasteiger partial charge on any atom is -0.388 e. The second-order valence-corrected chi connectivity index (χ2v) is 6.25. The molecule has 3 nitrogen and oxygen atoms in total. The molecule has 28 heavy (non-hydrogen) atoms. The number of nitrogens with zero attached hydrogens (tertiary/aromatic N) is 1. The molecule has 0 unspecified atom stereocenters. The summed E-state index contributed by atoms with van der Waals surface area (Å²) in [6.07, 6.45) is 9.95. The lowest BCUT2D eigenvalue weighted by atomic mass is 9.96. The SMILES string of the molecule is CC.CC.CC.CN1CCCC1.CNC1CCCCC1.CNc1ccccc1. The molecule has 0 aromatic heterocycles. The van der Waals surface area contributed by atoms with Crippen LogP contribution in [0.1, 0.15) is 86.5 Å². The van der Waals surface area contributed by atoms with Crippen molar-refractivity contribution in [3.63, 3.8) is 0 Å². The number of hydrogen-bond donors (Lipinski definition) is 2. The van der Waals surface area contributed by atoms with Crippen molar-refractivity contribution in [1.82, 2.24) is 10.2 Å². The van der Waals surface area contributed by atoms with Crippen molar-refractivity contribution >= 4 is 5.69 Å². The van der Waals surface area contributed by atoms with Crippen LogP contribution in [0.25, 0.3) is 0 Å². The first kappa shape index (κ1) is 31.6. The summed E-state index contributed by atoms with van der Waals surface area (Å²) in [7, 11) is 6.15. The number of likely N-dealkylation sites (tertiary alicyclic amines) is 1. The molecule has 0 atom stereocenters. The lowest BCUT2D eigenvalue weighted by molar-refractivity contribution is 0.394. The third kappa shape index (κ3) is 21.2. The number of rotatable bonds is 2. The maximum atomic E-state index is 3.30. The first-order chi connectivity index (χ1) is 13.8. The quantitative estimate of drug-likeness (QED) is 0.561. The Bertz CT molecular complexity index is 342. The highest BCUT2D eigenvalue weighted by molar-refractivity contribution is 5.41. The van der Waals surface area contributed by atoms with E-state index in [1.165, 1.54) is 58.0 Å². The van der Waals surface area contributed by atoms with Gasteiger partial charge in [0.25, 0.3) is 0 Å². The van der Waals surface area contributed by atoms with Gasteiger partial charge >= 0.3 is 0 Å². The van der Waals surface area contributed by atoms with E-state index in [0.29, 0.717) is 0 Å². The Morgan fingerprint density at radius 3 is 1.43 bits per heavy atom. The van der Waals surface area contributed by atoms with E-state index in [4.69, 9.17) is 0 Å². The van der Waals surface area contributed by atoms with Crippen molar-refractivity contribution in [3.05, 3.63) is 30.3 Å². The van der Waals surface area contributed by atoms with Gasteiger partial charge in [-0.05, 0) is 65.0 Å². The van der Waals surface area contributed by atoms with Crippen molar-refractivity contribution < 1.29 is 0 Å². The van der Waals surface area contributed by atoms with Crippen LogP contribution in [0.2, 0.25) is 0 Å². The normalized spacial score (nSPS) is 15.3. The number of hydrogen-bond acceptors (Lipinski definition) is 3. The van der Waals surface area contributed by atoms with Crippen molar-refractivity contribution in [2.45, 2.75) is 92.5 Å². The summed E-state index contributed by atoms with van der Waals surface area (Å²) in [5.41, 5.74) is 1.16. The van der Waals surface area contributed by atoms with E-state index in [1.54, 1.807) is 0 Å². The Hall–Kier alpha value is -1.06. The minimum absolute atomic E-state index is 0.837. The zero-order valence-corrected chi connectivity index (χ0v) is 20.8. The van der Waals surface area contributed by atoms with E-state index in [9.17, 15) is 0 Å². The van der Waals surface area contributed by atoms with Crippen LogP contribution < -0.4 is 10.6 Å². The molecule has 1 aromatic rings. The van der Waals surface area contributed by atoms with Crippen LogP contribution in [0.5, 0.6) is 0 Å². The molecular formula is C25H53N3. The predicted octanol–water partition coefficient (Wildman–Crippen LogP) is 7.06. The van der Waals surface area contributed by atoms with Crippen molar-refractivity contribution in [3.8, 4) is 0 Å². The highest BCUT2D eigenvalue weighted by Gasteiger charge is 2.09. The second-order valence-electron chi connectivity index (χ2n) is 6.25. The van der Waals surface area contributed by atoms with Gasteiger partial charge in [-0.25, -0.2) is 0 Å². The van der Waals surface area contributed by atoms with Gasteiger partial charge in [0.2, 0.25) is 0 Å². The Labute approximate surface area is 178 Å². The number of benzene rings is 1. The highest BCUT2D eigenvalue weighted by atomic mass is 15.1. The maximum absolute atomic E-state index is 3.30. The molecule has 0 amide bonds. The second kappa shape index (κ2) is 28.2. The molecule has 1 aromatic carbocycles. The Kier molecular flexibility index (Phi) is 31.8. The molecule has 2 fully saturated rings. The molecule has 1 aliphatic heterocycles. The number of para-hydroxylation sites is 1. The molecule has 1 heterocycles. The summed E-state index contributed by atoms with van der Waals surface area (Å²) in [6.45, 7) is 14.6. The van der Waals surface area contributed by atoms with Gasteiger partial charge in [-0.15, -0.1) is 0 Å². The largest absolute Gasteiger partial charge is 0.388 e. The van der Waals surface area contributed by atoms with E-state index in [1.807, 2.05) is 78.9 Å². The molecule has 2 N–H and O–H groups in total. The monoisotopic (exact) mass is 395 g/mol. The first-order valence-corrected chi connectivity index (χ1v) is 11.8. The smallest absolute Gasteiger partial charge is 0.0337 e. The number of nitrogens with one attached hydrogen (secondary N) is 2. The van der Waals surface area contributed by atoms with Crippen molar-refractivity contribution in [2.75, 3.05) is 39.5 Å². The Morgan fingerprint density at radius 1 is 0.714 bits per heavy atom. The van der Waals surface area contributed by atoms with Gasteiger partial charge in [-0.1, -0.05) is 79.0 Å². The fourth-order valence-electron chi connectivity index (χ4n) is 2.87. The van der Waals surface area contributed by atoms with E-state index in [0.717, 1.165) is 11.7 Å². The lowest BCUT2D eigenvalue weighted by Crippen LogP contribution is -2.26. The molecule has 3 heteroatoms. The van der Waals surface area contributed by atoms with Gasteiger partial charge in [-0.2, -0.15) is 0 Å². The van der Waals surface area contributed by atoms with E-state index in [-0.39, 0.29) is 0 Å². The van der Waals surface area contributed by atoms with Gasteiger partial charge in [0.1, 0.15) is 0 Å². The van der Waals surface area contributed by atoms with Crippen molar-refractivity contribution in [1.29, 1.82) is 0 Å². The molecular weight excluding hydrogens is 342 g/mol. The molecule has 1 saturated carbocycles. The molecule has 168 valence electrons. The highest BCUT2D eigenvalue weighted by Crippen LogP contribution is 2.16. The van der Waals surface area contributed by atoms with Crippen LogP contribution in [0.4, 0.5) is 5.69 Å². The van der Waals surface area contributed by atoms with Gasteiger partial charge in [-0.3, -0.25) is 0 Å². The summed E-state index contributed by atoms with van der Waals surface area (Å²) >= 11 is 0. The number of anilines is 1. The Morgan fingerprint density at radius 2 is 1.18 bits per heavy atom. The fraction of sp³-hybridized carbons (Fsp3) is 0.760. The first-order valence-electron chi connectivity index (χ1n) is 11.8. The summed E-state index contributed by atoms with van der Waals surface area (Å²) < 4.78 is 0. The van der Waals surface area contributed by atoms with Crippen molar-refractivity contribution in [2.24, 2.45) is 0 Å². The van der Waals surface area contributed by atoms with Crippen LogP contribution in [0, 0.1) is 0 Å². The van der Waals surface area contributed by atoms with Crippen LogP contribution in [-0.2, 0) is 0 Å². The zero-order valence-electron chi connectivity index (χ0n) is 20.8. The van der Waals surface area contributed by atoms with Crippen LogP contribution in [0.3, 0.4) is 0 Å². The maximum Gasteiger partial charge on any atom is 0.0337 e. The van der Waals surface area contributed by atoms with Crippen LogP contribution in [0.15, 0.2) is 30.3 Å². The van der Waals surface area contributed by atoms with E-state index < -0.39 is 0 Å². The minimum atomic E-state index is 0.837. The molecule has 1 saturated heterocycles. The summed E-state index contributed by atoms with van der Waals surface area (Å²) in [6, 6.07) is 10.9. The van der Waals surface area contributed by atoms with Gasteiger partial charge in [0.15, 0.2) is 0 Å². The molecule has 2 aliphatic rings. The third-order valence-corrected chi connectivity index (χ3v) is 4.41. The lowest BCUT2D eigenvalue weighted by Gasteiger charge is -2.20. The standard InChI is InChI=1S/C7H15N.C7H9N.C5H11N.3C2H6/c2*1-8-7-5-3-2-4-6-7;1-6-4-2-3-5-6;3*1-2/h7-8H,2-6H2,1H3;2-6,8H,1H3;2-5H2,1H3;3*1-2H3. The van der Waals surface area contributed by atoms with Crippen LogP contribution >= 0.6 is 0 Å². The zero-order chi connectivity index (χ0) is 22.0. The molecule has 0 spiro atoms. The predicted molar refractivity (Wildman–Crippen MR) is 133 cm³/mol. The molecule has 0 bridgehead atoms. The fourth-order valence-corrected chi connectivity index (χ4v) is 2.87. The average molecular weight is 396 g/mol. The van der Waals surface area contributed by atoms with E-state index in [2.05, 4.69) is 29.6 Å². The van der Waals surface area contributed by atoms with Gasteiger partial charge < -0.3 is 15.5 Å². The summed E-state index contributed by atoms with van der Waals surface area (Å²) in [5, 5.41) is 6.33. The van der Waals surface area contributed by atoms with E-state index >= 15 is 0 Å². The van der Waals surface area contributed by atoms with Gasteiger partial charge in [0.05, 0.1) is 0 Å². The molecule has 3 rings (SSSR count). The summed E-state index contributed by atoms with van der Waals surface area (Å²) in [4.78, 5) is 2.36. The molecule has 0 radical (unpaired) electrons. The third-order valence-electron chi connectivity index (χ3n) is 4.41. The average Bonchev–Trinajstić information content (AvgIpc) is 3.30. The topological polar surface area (TPSA) is 27.3 Å². The van der Waals surface area contributed by atoms with Gasteiger partial charge in [0, 0.05) is 18.8 Å². The summed E-state index contributed by atoms with van der Waals surface area (Å²) in [5.74, 6) is 0. The Balaban J connectivity index is -0.000000297. The van der Waals surface area contributed by atoms with Crippen LogP contribution in [-0.4, -0.2) is 45.2 Å².